The quantitative estimate of drug-likeness (QED) is 0.362. The highest BCUT2D eigenvalue weighted by Crippen LogP contribution is 2.31. The van der Waals surface area contributed by atoms with Gasteiger partial charge in [-0.1, -0.05) is 6.07 Å². The summed E-state index contributed by atoms with van der Waals surface area (Å²) in [6.07, 6.45) is 0. The van der Waals surface area contributed by atoms with Gasteiger partial charge in [-0.25, -0.2) is 9.67 Å². The van der Waals surface area contributed by atoms with E-state index in [4.69, 9.17) is 9.72 Å². The molecule has 0 spiro atoms. The Morgan fingerprint density at radius 1 is 0.971 bits per heavy atom. The fourth-order valence-corrected chi connectivity index (χ4v) is 4.74. The average Bonchev–Trinajstić information content (AvgIpc) is 3.29. The molecule has 8 heteroatoms. The Balaban J connectivity index is 1.28. The number of carbonyl (C=O) groups is 1. The number of hydrogen-bond donors (Lipinski definition) is 1. The highest BCUT2D eigenvalue weighted by Gasteiger charge is 2.10. The van der Waals surface area contributed by atoms with Crippen LogP contribution in [0.2, 0.25) is 0 Å². The third-order valence-electron chi connectivity index (χ3n) is 5.51. The maximum Gasteiger partial charge on any atom is 0.267 e. The fourth-order valence-electron chi connectivity index (χ4n) is 3.67. The number of aryl methyl sites for hydroxylation is 1. The molecule has 0 fully saturated rings. The molecule has 174 valence electrons. The maximum atomic E-state index is 12.6. The predicted octanol–water partition coefficient (Wildman–Crippen LogP) is 5.14. The van der Waals surface area contributed by atoms with Crippen LogP contribution in [0.1, 0.15) is 5.56 Å². The molecule has 5 aromatic rings. The molecule has 35 heavy (non-hydrogen) atoms. The first-order chi connectivity index (χ1) is 17.0. The van der Waals surface area contributed by atoms with Gasteiger partial charge in [0, 0.05) is 22.9 Å². The van der Waals surface area contributed by atoms with Gasteiger partial charge in [0.1, 0.15) is 17.3 Å². The van der Waals surface area contributed by atoms with Crippen molar-refractivity contribution in [1.29, 1.82) is 0 Å². The largest absolute Gasteiger partial charge is 0.497 e. The third kappa shape index (κ3) is 4.97. The summed E-state index contributed by atoms with van der Waals surface area (Å²) in [5, 5.41) is 8.11. The van der Waals surface area contributed by atoms with Crippen LogP contribution in [0.3, 0.4) is 0 Å². The second kappa shape index (κ2) is 9.52. The summed E-state index contributed by atoms with van der Waals surface area (Å²) in [7, 11) is 1.60. The first-order valence-corrected chi connectivity index (χ1v) is 11.8. The van der Waals surface area contributed by atoms with E-state index in [1.807, 2.05) is 54.6 Å². The van der Waals surface area contributed by atoms with Crippen LogP contribution < -0.4 is 15.6 Å². The van der Waals surface area contributed by atoms with Crippen LogP contribution in [0.25, 0.3) is 32.0 Å². The minimum atomic E-state index is -0.348. The van der Waals surface area contributed by atoms with Crippen LogP contribution in [-0.4, -0.2) is 27.8 Å². The van der Waals surface area contributed by atoms with Crippen LogP contribution >= 0.6 is 11.3 Å². The summed E-state index contributed by atoms with van der Waals surface area (Å²) < 4.78 is 7.48. The van der Waals surface area contributed by atoms with Crippen LogP contribution in [-0.2, 0) is 11.3 Å². The maximum absolute atomic E-state index is 12.6. The van der Waals surface area contributed by atoms with Crippen LogP contribution in [0.4, 0.5) is 5.69 Å². The van der Waals surface area contributed by atoms with Gasteiger partial charge in [-0.3, -0.25) is 9.59 Å². The van der Waals surface area contributed by atoms with E-state index in [1.165, 1.54) is 11.6 Å². The molecular weight excluding hydrogens is 460 g/mol. The van der Waals surface area contributed by atoms with E-state index in [0.29, 0.717) is 11.4 Å². The molecule has 1 amide bonds. The first kappa shape index (κ1) is 22.5. The zero-order valence-electron chi connectivity index (χ0n) is 19.2. The smallest absolute Gasteiger partial charge is 0.267 e. The lowest BCUT2D eigenvalue weighted by Gasteiger charge is -2.09. The Hall–Kier alpha value is -4.30. The average molecular weight is 483 g/mol. The Labute approximate surface area is 205 Å². The van der Waals surface area contributed by atoms with Crippen molar-refractivity contribution in [3.05, 3.63) is 94.8 Å². The lowest BCUT2D eigenvalue weighted by atomic mass is 10.1. The first-order valence-electron chi connectivity index (χ1n) is 11.0. The summed E-state index contributed by atoms with van der Waals surface area (Å²) in [6, 6.07) is 24.1. The molecule has 0 aliphatic rings. The van der Waals surface area contributed by atoms with Gasteiger partial charge >= 0.3 is 0 Å². The van der Waals surface area contributed by atoms with Crippen LogP contribution in [0, 0.1) is 6.92 Å². The second-order valence-corrected chi connectivity index (χ2v) is 9.09. The number of ether oxygens (including phenoxy) is 1. The Kier molecular flexibility index (Phi) is 6.12. The van der Waals surface area contributed by atoms with Gasteiger partial charge in [-0.2, -0.15) is 5.10 Å². The number of thiazole rings is 1. The number of nitrogens with one attached hydrogen (secondary N) is 1. The molecule has 1 N–H and O–H groups in total. The van der Waals surface area contributed by atoms with E-state index in [-0.39, 0.29) is 18.0 Å². The number of aromatic nitrogens is 3. The summed E-state index contributed by atoms with van der Waals surface area (Å²) in [6.45, 7) is 1.87. The predicted molar refractivity (Wildman–Crippen MR) is 139 cm³/mol. The molecule has 7 nitrogen and oxygen atoms in total. The summed E-state index contributed by atoms with van der Waals surface area (Å²) in [4.78, 5) is 29.6. The van der Waals surface area contributed by atoms with Crippen molar-refractivity contribution in [1.82, 2.24) is 14.8 Å². The molecule has 0 bridgehead atoms. The molecular formula is C27H22N4O3S. The molecule has 0 atom stereocenters. The number of benzene rings is 3. The highest BCUT2D eigenvalue weighted by molar-refractivity contribution is 7.21. The van der Waals surface area contributed by atoms with E-state index >= 15 is 0 Å². The minimum absolute atomic E-state index is 0.193. The third-order valence-corrected chi connectivity index (χ3v) is 6.57. The molecule has 3 aromatic carbocycles. The monoisotopic (exact) mass is 482 g/mol. The number of anilines is 1. The molecule has 0 aliphatic heterocycles. The standard InChI is InChI=1S/C27H22N4O3S/c1-17-3-12-23-24(15-17)35-27(29-23)19-4-8-20(9-5-19)28-25(32)16-31-26(33)14-13-22(30-31)18-6-10-21(34-2)11-7-18/h3-15H,16H2,1-2H3,(H,28,32). The van der Waals surface area contributed by atoms with Crippen molar-refractivity contribution < 1.29 is 9.53 Å². The fraction of sp³-hybridized carbons (Fsp3) is 0.111. The lowest BCUT2D eigenvalue weighted by Crippen LogP contribution is -2.29. The van der Waals surface area contributed by atoms with Gasteiger partial charge in [-0.15, -0.1) is 11.3 Å². The van der Waals surface area contributed by atoms with E-state index < -0.39 is 0 Å². The van der Waals surface area contributed by atoms with Gasteiger partial charge < -0.3 is 10.1 Å². The number of methoxy groups -OCH3 is 1. The molecule has 0 saturated carbocycles. The molecule has 2 heterocycles. The molecule has 2 aromatic heterocycles. The molecule has 0 radical (unpaired) electrons. The number of carbonyl (C=O) groups excluding carboxylic acids is 1. The Bertz CT molecular complexity index is 1570. The molecule has 0 aliphatic carbocycles. The zero-order chi connectivity index (χ0) is 24.4. The SMILES string of the molecule is COc1ccc(-c2ccc(=O)n(CC(=O)Nc3ccc(-c4nc5ccc(C)cc5s4)cc3)n2)cc1. The van der Waals surface area contributed by atoms with Gasteiger partial charge in [0.25, 0.3) is 5.56 Å². The molecule has 0 unspecified atom stereocenters. The topological polar surface area (TPSA) is 86.1 Å². The van der Waals surface area contributed by atoms with Gasteiger partial charge in [0.05, 0.1) is 23.0 Å². The molecule has 0 saturated heterocycles. The molecule has 5 rings (SSSR count). The normalized spacial score (nSPS) is 10.9. The zero-order valence-corrected chi connectivity index (χ0v) is 20.0. The number of nitrogens with zero attached hydrogens (tertiary/aromatic N) is 3. The van der Waals surface area contributed by atoms with E-state index in [1.54, 1.807) is 24.5 Å². The van der Waals surface area contributed by atoms with E-state index in [0.717, 1.165) is 36.8 Å². The van der Waals surface area contributed by atoms with Crippen LogP contribution in [0.5, 0.6) is 5.75 Å². The van der Waals surface area contributed by atoms with Crippen molar-refractivity contribution in [2.45, 2.75) is 13.5 Å². The second-order valence-electron chi connectivity index (χ2n) is 8.06. The summed E-state index contributed by atoms with van der Waals surface area (Å²) in [5.74, 6) is 0.389. The Morgan fingerprint density at radius 2 is 1.71 bits per heavy atom. The van der Waals surface area contributed by atoms with Gasteiger partial charge in [0.2, 0.25) is 5.91 Å². The van der Waals surface area contributed by atoms with E-state index in [9.17, 15) is 9.59 Å². The number of fused-ring (bicyclic) bond motifs is 1. The van der Waals surface area contributed by atoms with Crippen molar-refractivity contribution >= 4 is 33.1 Å². The van der Waals surface area contributed by atoms with Gasteiger partial charge in [0.15, 0.2) is 0 Å². The number of hydrogen-bond acceptors (Lipinski definition) is 6. The van der Waals surface area contributed by atoms with Crippen molar-refractivity contribution in [3.63, 3.8) is 0 Å². The summed E-state index contributed by atoms with van der Waals surface area (Å²) >= 11 is 1.64. The van der Waals surface area contributed by atoms with Crippen molar-refractivity contribution in [2.24, 2.45) is 0 Å². The van der Waals surface area contributed by atoms with Crippen molar-refractivity contribution in [3.8, 4) is 27.6 Å². The van der Waals surface area contributed by atoms with Crippen LogP contribution in [0.15, 0.2) is 83.7 Å². The van der Waals surface area contributed by atoms with Crippen molar-refractivity contribution in [2.75, 3.05) is 12.4 Å². The Morgan fingerprint density at radius 3 is 2.46 bits per heavy atom. The lowest BCUT2D eigenvalue weighted by molar-refractivity contribution is -0.117. The minimum Gasteiger partial charge on any atom is -0.497 e. The van der Waals surface area contributed by atoms with E-state index in [2.05, 4.69) is 29.5 Å². The summed E-state index contributed by atoms with van der Waals surface area (Å²) in [5.41, 5.74) is 4.86. The highest BCUT2D eigenvalue weighted by atomic mass is 32.1. The van der Waals surface area contributed by atoms with Gasteiger partial charge in [-0.05, 0) is 79.2 Å². The number of rotatable bonds is 6. The number of amides is 1.